The molecule has 1 aromatic rings. The molecule has 1 aliphatic rings. The fourth-order valence-electron chi connectivity index (χ4n) is 4.16. The number of hydrogen-bond acceptors (Lipinski definition) is 8. The molecule has 1 aromatic carbocycles. The monoisotopic (exact) mass is 593 g/mol. The van der Waals surface area contributed by atoms with Crippen LogP contribution < -0.4 is 10.6 Å². The number of aliphatic hydroxyl groups is 1. The molecule has 0 aromatic heterocycles. The van der Waals surface area contributed by atoms with Gasteiger partial charge >= 0.3 is 6.09 Å². The van der Waals surface area contributed by atoms with Crippen LogP contribution in [0.15, 0.2) is 65.6 Å². The van der Waals surface area contributed by atoms with Crippen molar-refractivity contribution in [3.8, 4) is 0 Å². The molecular weight excluding hydrogens is 550 g/mol. The first-order valence-electron chi connectivity index (χ1n) is 13.5. The van der Waals surface area contributed by atoms with Gasteiger partial charge in [-0.1, -0.05) is 50.3 Å². The molecule has 3 N–H and O–H groups in total. The van der Waals surface area contributed by atoms with Gasteiger partial charge in [-0.15, -0.1) is 0 Å². The number of hydrogen-bond donors (Lipinski definition) is 3. The van der Waals surface area contributed by atoms with Crippen LogP contribution >= 0.6 is 0 Å². The number of carbonyl (C=O) groups excluding carboxylic acids is 2. The van der Waals surface area contributed by atoms with E-state index in [4.69, 9.17) is 14.2 Å². The molecular formula is C29H43N3O8S. The van der Waals surface area contributed by atoms with Crippen molar-refractivity contribution in [2.45, 2.75) is 70.0 Å². The van der Waals surface area contributed by atoms with Gasteiger partial charge in [0, 0.05) is 39.2 Å². The van der Waals surface area contributed by atoms with E-state index in [-0.39, 0.29) is 42.8 Å². The Morgan fingerprint density at radius 1 is 1.22 bits per heavy atom. The molecule has 4 atom stereocenters. The fourth-order valence-corrected chi connectivity index (χ4v) is 5.78. The lowest BCUT2D eigenvalue weighted by Crippen LogP contribution is -2.50. The topological polar surface area (TPSA) is 144 Å². The molecule has 2 amide bonds. The molecule has 0 bridgehead atoms. The first-order valence-corrected chi connectivity index (χ1v) is 14.9. The normalized spacial score (nSPS) is 19.1. The van der Waals surface area contributed by atoms with Gasteiger partial charge in [0.25, 0.3) is 0 Å². The number of rotatable bonds is 15. The number of sulfonamides is 1. The average molecular weight is 594 g/mol. The summed E-state index contributed by atoms with van der Waals surface area (Å²) in [5.74, 6) is -0.329. The van der Waals surface area contributed by atoms with Crippen LogP contribution in [0.2, 0.25) is 0 Å². The number of nitrogens with zero attached hydrogens (tertiary/aromatic N) is 1. The van der Waals surface area contributed by atoms with Gasteiger partial charge < -0.3 is 30.0 Å². The number of ether oxygens (including phenoxy) is 3. The molecule has 1 saturated heterocycles. The van der Waals surface area contributed by atoms with Crippen molar-refractivity contribution in [2.75, 3.05) is 32.1 Å². The minimum Gasteiger partial charge on any atom is -0.444 e. The van der Waals surface area contributed by atoms with E-state index in [9.17, 15) is 23.1 Å². The highest BCUT2D eigenvalue weighted by Crippen LogP contribution is 2.22. The molecule has 12 heteroatoms. The average Bonchev–Trinajstić information content (AvgIpc) is 3.35. The van der Waals surface area contributed by atoms with Crippen LogP contribution in [-0.2, 0) is 29.0 Å². The summed E-state index contributed by atoms with van der Waals surface area (Å²) in [7, 11) is -2.53. The zero-order valence-corrected chi connectivity index (χ0v) is 25.2. The maximum Gasteiger partial charge on any atom is 0.407 e. The summed E-state index contributed by atoms with van der Waals surface area (Å²) in [5.41, 5.74) is 1.08. The predicted octanol–water partition coefficient (Wildman–Crippen LogP) is 3.59. The zero-order chi connectivity index (χ0) is 30.6. The number of nitrogens with one attached hydrogen (secondary N) is 2. The maximum absolute atomic E-state index is 13.6. The van der Waals surface area contributed by atoms with Crippen molar-refractivity contribution >= 4 is 27.7 Å². The molecule has 1 aliphatic heterocycles. The third-order valence-corrected chi connectivity index (χ3v) is 7.96. The van der Waals surface area contributed by atoms with Gasteiger partial charge in [0.2, 0.25) is 15.9 Å². The summed E-state index contributed by atoms with van der Waals surface area (Å²) in [4.78, 5) is 24.1. The summed E-state index contributed by atoms with van der Waals surface area (Å²) in [6.07, 6.45) is 4.67. The molecule has 0 saturated carbocycles. The molecule has 11 nitrogen and oxygen atoms in total. The van der Waals surface area contributed by atoms with E-state index in [1.807, 2.05) is 32.9 Å². The van der Waals surface area contributed by atoms with Gasteiger partial charge in [0.1, 0.15) is 6.10 Å². The van der Waals surface area contributed by atoms with Gasteiger partial charge in [0.15, 0.2) is 6.29 Å². The van der Waals surface area contributed by atoms with Crippen LogP contribution in [0.3, 0.4) is 0 Å². The van der Waals surface area contributed by atoms with Gasteiger partial charge in [0.05, 0.1) is 23.6 Å². The smallest absolute Gasteiger partial charge is 0.407 e. The number of alkyl carbamates (subject to hydrolysis) is 1. The van der Waals surface area contributed by atoms with E-state index < -0.39 is 40.7 Å². The summed E-state index contributed by atoms with van der Waals surface area (Å²) in [6, 6.07) is 4.90. The number of carbonyl (C=O) groups is 2. The van der Waals surface area contributed by atoms with E-state index in [0.717, 1.165) is 0 Å². The van der Waals surface area contributed by atoms with Crippen LogP contribution in [0.1, 0.15) is 40.5 Å². The number of allylic oxidation sites excluding steroid dienone is 4. The number of methoxy groups -OCH3 is 1. The van der Waals surface area contributed by atoms with Crippen LogP contribution in [0, 0.1) is 5.92 Å². The van der Waals surface area contributed by atoms with Crippen molar-refractivity contribution in [3.63, 3.8) is 0 Å². The summed E-state index contributed by atoms with van der Waals surface area (Å²) in [6.45, 7) is 11.0. The van der Waals surface area contributed by atoms with Gasteiger partial charge in [-0.25, -0.2) is 13.2 Å². The minimum absolute atomic E-state index is 0.0102. The van der Waals surface area contributed by atoms with E-state index in [0.29, 0.717) is 17.7 Å². The van der Waals surface area contributed by atoms with E-state index in [1.54, 1.807) is 12.2 Å². The highest BCUT2D eigenvalue weighted by molar-refractivity contribution is 7.89. The molecule has 41 heavy (non-hydrogen) atoms. The van der Waals surface area contributed by atoms with Crippen LogP contribution in [-0.4, -0.2) is 81.2 Å². The quantitative estimate of drug-likeness (QED) is 0.262. The Labute approximate surface area is 243 Å². The largest absolute Gasteiger partial charge is 0.444 e. The Balaban J connectivity index is 2.25. The molecule has 0 aliphatic carbocycles. The molecule has 2 rings (SSSR count). The summed E-state index contributed by atoms with van der Waals surface area (Å²) in [5, 5.41) is 16.6. The van der Waals surface area contributed by atoms with E-state index >= 15 is 0 Å². The Hall–Kier alpha value is -3.03. The first kappa shape index (κ1) is 34.2. The first-order chi connectivity index (χ1) is 19.3. The van der Waals surface area contributed by atoms with Gasteiger partial charge in [-0.05, 0) is 43.5 Å². The Morgan fingerprint density at radius 3 is 2.46 bits per heavy atom. The maximum atomic E-state index is 13.6. The second-order valence-corrected chi connectivity index (χ2v) is 12.2. The Bertz CT molecular complexity index is 1180. The lowest BCUT2D eigenvalue weighted by Gasteiger charge is -2.31. The lowest BCUT2D eigenvalue weighted by atomic mass is 10.0. The van der Waals surface area contributed by atoms with Crippen LogP contribution in [0.25, 0.3) is 0 Å². The summed E-state index contributed by atoms with van der Waals surface area (Å²) < 4.78 is 44.4. The highest BCUT2D eigenvalue weighted by Gasteiger charge is 2.33. The summed E-state index contributed by atoms with van der Waals surface area (Å²) >= 11 is 0. The number of benzene rings is 1. The number of aliphatic hydroxyl groups excluding tert-OH is 1. The molecule has 0 radical (unpaired) electrons. The third-order valence-electron chi connectivity index (χ3n) is 6.12. The zero-order valence-electron chi connectivity index (χ0n) is 24.4. The van der Waals surface area contributed by atoms with E-state index in [1.165, 1.54) is 42.6 Å². The van der Waals surface area contributed by atoms with Crippen molar-refractivity contribution in [1.82, 2.24) is 9.62 Å². The van der Waals surface area contributed by atoms with Crippen molar-refractivity contribution in [1.29, 1.82) is 0 Å². The van der Waals surface area contributed by atoms with Gasteiger partial charge in [-0.2, -0.15) is 4.31 Å². The Kier molecular flexibility index (Phi) is 13.7. The number of anilines is 1. The van der Waals surface area contributed by atoms with Crippen LogP contribution in [0.4, 0.5) is 10.5 Å². The molecule has 0 unspecified atom stereocenters. The third kappa shape index (κ3) is 11.4. The highest BCUT2D eigenvalue weighted by atomic mass is 32.2. The van der Waals surface area contributed by atoms with Crippen molar-refractivity contribution < 1.29 is 37.3 Å². The van der Waals surface area contributed by atoms with Crippen molar-refractivity contribution in [2.24, 2.45) is 5.92 Å². The minimum atomic E-state index is -4.03. The lowest BCUT2D eigenvalue weighted by molar-refractivity contribution is -0.114. The second kappa shape index (κ2) is 16.4. The molecule has 1 heterocycles. The van der Waals surface area contributed by atoms with E-state index in [2.05, 4.69) is 17.2 Å². The number of amides is 2. The van der Waals surface area contributed by atoms with Crippen molar-refractivity contribution in [3.05, 3.63) is 60.7 Å². The standard InChI is InChI=1S/C29H43N3O8S/c1-7-8-9-10-21(4)15-26(31-29(35)40-24-16-28(38-6)39-19-24)27(34)18-32(17-20(2)3)41(36,37)25-13-11-23(12-14-25)30-22(5)33/h7-14,20,24,26-28,34H,4,15-19H2,1-3,5-6H3,(H,30,33)(H,31,35)/b8-7-,10-9-/t24-,26+,27-,28-/m1/s1. The fraction of sp³-hybridized carbons (Fsp3) is 0.517. The predicted molar refractivity (Wildman–Crippen MR) is 157 cm³/mol. The molecule has 228 valence electrons. The SMILES string of the molecule is C=C(/C=C\C=C/C)C[C@H](NC(=O)O[C@H]1CO[C@@H](OC)C1)[C@H](O)CN(CC(C)C)S(=O)(=O)c1ccc(NC(C)=O)cc1. The van der Waals surface area contributed by atoms with Gasteiger partial charge in [-0.3, -0.25) is 4.79 Å². The van der Waals surface area contributed by atoms with Crippen LogP contribution in [0.5, 0.6) is 0 Å². The second-order valence-electron chi connectivity index (χ2n) is 10.2. The molecule has 1 fully saturated rings. The molecule has 0 spiro atoms. The Morgan fingerprint density at radius 2 is 1.90 bits per heavy atom.